The molecule has 0 spiro atoms. The molecule has 0 saturated carbocycles. The zero-order chi connectivity index (χ0) is 21.8. The molecule has 0 radical (unpaired) electrons. The van der Waals surface area contributed by atoms with Crippen LogP contribution in [0.5, 0.6) is 11.5 Å². The molecule has 168 valence electrons. The summed E-state index contributed by atoms with van der Waals surface area (Å²) >= 11 is 0. The van der Waals surface area contributed by atoms with Gasteiger partial charge in [0.05, 0.1) is 11.7 Å². The van der Waals surface area contributed by atoms with Crippen LogP contribution in [0.4, 0.5) is 0 Å². The summed E-state index contributed by atoms with van der Waals surface area (Å²) in [5.74, 6) is 2.41. The fourth-order valence-electron chi connectivity index (χ4n) is 4.49. The van der Waals surface area contributed by atoms with Crippen molar-refractivity contribution >= 4 is 0 Å². The molecule has 1 atom stereocenters. The normalized spacial score (nSPS) is 18.2. The molecule has 0 aliphatic carbocycles. The molecule has 2 aromatic heterocycles. The van der Waals surface area contributed by atoms with Crippen molar-refractivity contribution in [3.8, 4) is 17.4 Å². The van der Waals surface area contributed by atoms with Gasteiger partial charge in [0.1, 0.15) is 19.5 Å². The summed E-state index contributed by atoms with van der Waals surface area (Å²) in [6.45, 7) is 7.30. The number of ether oxygens (including phenoxy) is 2. The van der Waals surface area contributed by atoms with E-state index in [1.54, 1.807) is 12.5 Å². The monoisotopic (exact) mass is 434 g/mol. The third-order valence-corrected chi connectivity index (χ3v) is 6.08. The number of rotatable bonds is 8. The van der Waals surface area contributed by atoms with E-state index in [1.807, 2.05) is 23.8 Å². The number of likely N-dealkylation sites (tertiary alicyclic amines) is 1. The Morgan fingerprint density at radius 2 is 2.00 bits per heavy atom. The predicted molar refractivity (Wildman–Crippen MR) is 121 cm³/mol. The van der Waals surface area contributed by atoms with Crippen molar-refractivity contribution in [2.45, 2.75) is 32.2 Å². The van der Waals surface area contributed by atoms with Crippen LogP contribution in [0.1, 0.15) is 35.8 Å². The highest BCUT2D eigenvalue weighted by Gasteiger charge is 2.27. The second kappa shape index (κ2) is 9.67. The molecule has 1 saturated heterocycles. The van der Waals surface area contributed by atoms with Crippen LogP contribution in [0.2, 0.25) is 0 Å². The Labute approximate surface area is 188 Å². The topological polar surface area (TPSA) is 77.3 Å². The van der Waals surface area contributed by atoms with Crippen molar-refractivity contribution < 1.29 is 9.47 Å². The summed E-state index contributed by atoms with van der Waals surface area (Å²) in [6.07, 6.45) is 8.69. The van der Waals surface area contributed by atoms with Crippen LogP contribution in [0.15, 0.2) is 43.0 Å². The molecule has 8 nitrogen and oxygen atoms in total. The number of hydrogen-bond acceptors (Lipinski definition) is 7. The van der Waals surface area contributed by atoms with Gasteiger partial charge in [-0.05, 0) is 63.0 Å². The predicted octanol–water partition coefficient (Wildman–Crippen LogP) is 2.71. The Hall–Kier alpha value is -2.97. The highest BCUT2D eigenvalue weighted by molar-refractivity contribution is 5.43. The van der Waals surface area contributed by atoms with Gasteiger partial charge in [-0.15, -0.1) is 0 Å². The fourth-order valence-corrected chi connectivity index (χ4v) is 4.49. The highest BCUT2D eigenvalue weighted by atomic mass is 16.6. The van der Waals surface area contributed by atoms with Crippen LogP contribution in [0.25, 0.3) is 5.95 Å². The zero-order valence-electron chi connectivity index (χ0n) is 18.5. The number of nitrogens with zero attached hydrogens (tertiary/aromatic N) is 5. The largest absolute Gasteiger partial charge is 0.486 e. The number of fused-ring (bicyclic) bond motifs is 1. The van der Waals surface area contributed by atoms with E-state index < -0.39 is 0 Å². The molecule has 0 bridgehead atoms. The van der Waals surface area contributed by atoms with Crippen LogP contribution in [0, 0.1) is 6.92 Å². The Kier molecular flexibility index (Phi) is 6.31. The molecule has 2 aliphatic rings. The van der Waals surface area contributed by atoms with E-state index >= 15 is 0 Å². The summed E-state index contributed by atoms with van der Waals surface area (Å²) < 4.78 is 13.2. The van der Waals surface area contributed by atoms with Crippen LogP contribution in [-0.4, -0.2) is 63.8 Å². The van der Waals surface area contributed by atoms with Crippen LogP contribution in [0.3, 0.4) is 0 Å². The second-order valence-electron chi connectivity index (χ2n) is 8.38. The molecule has 0 amide bonds. The van der Waals surface area contributed by atoms with Gasteiger partial charge in [0.2, 0.25) is 5.95 Å². The summed E-state index contributed by atoms with van der Waals surface area (Å²) in [4.78, 5) is 16.1. The smallest absolute Gasteiger partial charge is 0.235 e. The summed E-state index contributed by atoms with van der Waals surface area (Å²) in [7, 11) is 0. The van der Waals surface area contributed by atoms with Crippen molar-refractivity contribution in [3.63, 3.8) is 0 Å². The van der Waals surface area contributed by atoms with E-state index in [9.17, 15) is 0 Å². The molecular formula is C24H30N6O2. The molecule has 1 N–H and O–H groups in total. The zero-order valence-corrected chi connectivity index (χ0v) is 18.5. The minimum atomic E-state index is 0.346. The molecule has 1 unspecified atom stereocenters. The Morgan fingerprint density at radius 1 is 1.09 bits per heavy atom. The highest BCUT2D eigenvalue weighted by Crippen LogP contribution is 2.32. The quantitative estimate of drug-likeness (QED) is 0.546. The number of nitrogens with one attached hydrogen (secondary N) is 1. The third-order valence-electron chi connectivity index (χ3n) is 6.08. The van der Waals surface area contributed by atoms with Gasteiger partial charge >= 0.3 is 0 Å². The SMILES string of the molecule is Cc1cc(C2CCCN2CCNCCc2ccc3c(c2)OCCO3)nc(-n2ccnc2)n1. The molecule has 2 aliphatic heterocycles. The van der Waals surface area contributed by atoms with Gasteiger partial charge in [-0.25, -0.2) is 15.0 Å². The van der Waals surface area contributed by atoms with Gasteiger partial charge in [0, 0.05) is 31.2 Å². The minimum Gasteiger partial charge on any atom is -0.486 e. The van der Waals surface area contributed by atoms with E-state index in [0.29, 0.717) is 25.2 Å². The first-order chi connectivity index (χ1) is 15.8. The van der Waals surface area contributed by atoms with Crippen LogP contribution >= 0.6 is 0 Å². The summed E-state index contributed by atoms with van der Waals surface area (Å²) in [5, 5.41) is 3.60. The maximum atomic E-state index is 5.69. The van der Waals surface area contributed by atoms with E-state index in [1.165, 1.54) is 12.0 Å². The Bertz CT molecular complexity index is 1040. The van der Waals surface area contributed by atoms with Crippen LogP contribution in [-0.2, 0) is 6.42 Å². The molecule has 32 heavy (non-hydrogen) atoms. The molecule has 3 aromatic rings. The van der Waals surface area contributed by atoms with Crippen molar-refractivity contribution in [3.05, 3.63) is 59.9 Å². The standard InChI is InChI=1S/C24H30N6O2/c1-18-15-20(28-24(27-18)30-12-9-26-17-30)21-3-2-10-29(21)11-8-25-7-6-19-4-5-22-23(16-19)32-14-13-31-22/h4-5,9,12,15-17,21,25H,2-3,6-8,10-11,13-14H2,1H3. The van der Waals surface area contributed by atoms with E-state index in [0.717, 1.165) is 61.9 Å². The fraction of sp³-hybridized carbons (Fsp3) is 0.458. The molecule has 1 fully saturated rings. The Morgan fingerprint density at radius 3 is 2.88 bits per heavy atom. The number of aromatic nitrogens is 4. The van der Waals surface area contributed by atoms with Gasteiger partial charge < -0.3 is 14.8 Å². The lowest BCUT2D eigenvalue weighted by Crippen LogP contribution is -2.33. The summed E-state index contributed by atoms with van der Waals surface area (Å²) in [5.41, 5.74) is 3.36. The Balaban J connectivity index is 1.14. The van der Waals surface area contributed by atoms with Gasteiger partial charge in [0.25, 0.3) is 0 Å². The lowest BCUT2D eigenvalue weighted by Gasteiger charge is -2.24. The van der Waals surface area contributed by atoms with Gasteiger partial charge in [0.15, 0.2) is 11.5 Å². The number of hydrogen-bond donors (Lipinski definition) is 1. The lowest BCUT2D eigenvalue weighted by molar-refractivity contribution is 0.171. The number of aryl methyl sites for hydroxylation is 1. The molecule has 8 heteroatoms. The van der Waals surface area contributed by atoms with E-state index in [-0.39, 0.29) is 0 Å². The molecule has 5 rings (SSSR count). The van der Waals surface area contributed by atoms with Crippen LogP contribution < -0.4 is 14.8 Å². The van der Waals surface area contributed by atoms with Crippen molar-refractivity contribution in [2.24, 2.45) is 0 Å². The first-order valence-electron chi connectivity index (χ1n) is 11.4. The van der Waals surface area contributed by atoms with Crippen molar-refractivity contribution in [1.82, 2.24) is 29.7 Å². The molecule has 1 aromatic carbocycles. The van der Waals surface area contributed by atoms with Crippen molar-refractivity contribution in [1.29, 1.82) is 0 Å². The van der Waals surface area contributed by atoms with E-state index in [4.69, 9.17) is 14.5 Å². The second-order valence-corrected chi connectivity index (χ2v) is 8.38. The first-order valence-corrected chi connectivity index (χ1v) is 11.4. The van der Waals surface area contributed by atoms with Crippen molar-refractivity contribution in [2.75, 3.05) is 39.4 Å². The maximum absolute atomic E-state index is 5.69. The average Bonchev–Trinajstić information content (AvgIpc) is 3.51. The summed E-state index contributed by atoms with van der Waals surface area (Å²) in [6, 6.07) is 8.71. The maximum Gasteiger partial charge on any atom is 0.235 e. The molecule has 4 heterocycles. The average molecular weight is 435 g/mol. The number of imidazole rings is 1. The van der Waals surface area contributed by atoms with Gasteiger partial charge in [-0.3, -0.25) is 9.47 Å². The minimum absolute atomic E-state index is 0.346. The van der Waals surface area contributed by atoms with Gasteiger partial charge in [-0.2, -0.15) is 0 Å². The third kappa shape index (κ3) is 4.76. The first kappa shape index (κ1) is 20.9. The van der Waals surface area contributed by atoms with E-state index in [2.05, 4.69) is 38.4 Å². The number of benzene rings is 1. The lowest BCUT2D eigenvalue weighted by atomic mass is 10.1. The molecular weight excluding hydrogens is 404 g/mol. The van der Waals surface area contributed by atoms with Gasteiger partial charge in [-0.1, -0.05) is 6.07 Å².